The van der Waals surface area contributed by atoms with Crippen LogP contribution in [-0.2, 0) is 10.0 Å². The zero-order valence-electron chi connectivity index (χ0n) is 13.9. The number of aromatic carboxylic acids is 1. The molecular weight excluding hydrogens is 392 g/mol. The number of hydrogen-bond acceptors (Lipinski definition) is 6. The van der Waals surface area contributed by atoms with E-state index in [2.05, 4.69) is 9.82 Å². The number of aryl methyl sites for hydroxylation is 1. The van der Waals surface area contributed by atoms with Gasteiger partial charge in [-0.05, 0) is 48.9 Å². The first-order valence-corrected chi connectivity index (χ1v) is 9.80. The highest BCUT2D eigenvalue weighted by molar-refractivity contribution is 7.94. The molecule has 1 amide bonds. The first kappa shape index (κ1) is 18.6. The van der Waals surface area contributed by atoms with E-state index in [0.717, 1.165) is 0 Å². The van der Waals surface area contributed by atoms with Gasteiger partial charge >= 0.3 is 5.97 Å². The fourth-order valence-corrected chi connectivity index (χ4v) is 4.72. The molecule has 140 valence electrons. The number of nitrogens with zero attached hydrogens (tertiary/aromatic N) is 2. The van der Waals surface area contributed by atoms with Crippen LogP contribution in [0.25, 0.3) is 5.69 Å². The third-order valence-electron chi connectivity index (χ3n) is 3.58. The van der Waals surface area contributed by atoms with Crippen LogP contribution in [0.15, 0.2) is 46.8 Å². The molecule has 0 fully saturated rings. The number of carboxylic acid groups (broad SMARTS) is 1. The van der Waals surface area contributed by atoms with Crippen LogP contribution >= 0.6 is 11.3 Å². The molecule has 11 heteroatoms. The summed E-state index contributed by atoms with van der Waals surface area (Å²) in [6, 6.07) is 9.06. The molecule has 2 aromatic heterocycles. The summed E-state index contributed by atoms with van der Waals surface area (Å²) in [6.45, 7) is 1.54. The summed E-state index contributed by atoms with van der Waals surface area (Å²) in [7, 11) is -3.91. The second kappa shape index (κ2) is 6.85. The SMILES string of the molecule is Cc1cc(S(=O)(=O)Nc2ccc(-n3ccc(C(N)=O)n3)cc2)sc1C(=O)O. The number of nitrogens with two attached hydrogens (primary N) is 1. The van der Waals surface area contributed by atoms with E-state index in [1.165, 1.54) is 35.9 Å². The van der Waals surface area contributed by atoms with Crippen molar-refractivity contribution in [3.8, 4) is 5.69 Å². The highest BCUT2D eigenvalue weighted by atomic mass is 32.2. The molecule has 0 spiro atoms. The first-order valence-electron chi connectivity index (χ1n) is 7.50. The lowest BCUT2D eigenvalue weighted by Crippen LogP contribution is -2.12. The van der Waals surface area contributed by atoms with E-state index in [9.17, 15) is 18.0 Å². The van der Waals surface area contributed by atoms with E-state index < -0.39 is 21.9 Å². The number of primary amides is 1. The van der Waals surface area contributed by atoms with Gasteiger partial charge in [0, 0.05) is 11.9 Å². The van der Waals surface area contributed by atoms with Gasteiger partial charge in [0.25, 0.3) is 15.9 Å². The van der Waals surface area contributed by atoms with Crippen LogP contribution in [0.4, 0.5) is 5.69 Å². The lowest BCUT2D eigenvalue weighted by molar-refractivity contribution is 0.0701. The minimum Gasteiger partial charge on any atom is -0.477 e. The Bertz CT molecular complexity index is 1130. The van der Waals surface area contributed by atoms with Gasteiger partial charge in [0.1, 0.15) is 14.8 Å². The molecule has 0 unspecified atom stereocenters. The lowest BCUT2D eigenvalue weighted by Gasteiger charge is -2.07. The number of thiophene rings is 1. The average molecular weight is 406 g/mol. The molecule has 2 heterocycles. The van der Waals surface area contributed by atoms with Gasteiger partial charge in [0.05, 0.1) is 5.69 Å². The summed E-state index contributed by atoms with van der Waals surface area (Å²) in [4.78, 5) is 22.2. The van der Waals surface area contributed by atoms with Gasteiger partial charge in [0.2, 0.25) is 0 Å². The number of aromatic nitrogens is 2. The van der Waals surface area contributed by atoms with E-state index >= 15 is 0 Å². The molecule has 0 atom stereocenters. The zero-order valence-corrected chi connectivity index (χ0v) is 15.5. The normalized spacial score (nSPS) is 11.3. The van der Waals surface area contributed by atoms with Crippen LogP contribution in [0.5, 0.6) is 0 Å². The summed E-state index contributed by atoms with van der Waals surface area (Å²) in [5.74, 6) is -1.82. The highest BCUT2D eigenvalue weighted by Gasteiger charge is 2.21. The maximum Gasteiger partial charge on any atom is 0.346 e. The first-order chi connectivity index (χ1) is 12.7. The Morgan fingerprint density at radius 3 is 2.41 bits per heavy atom. The van der Waals surface area contributed by atoms with E-state index in [1.54, 1.807) is 18.3 Å². The Morgan fingerprint density at radius 2 is 1.89 bits per heavy atom. The monoisotopic (exact) mass is 406 g/mol. The largest absolute Gasteiger partial charge is 0.477 e. The topological polar surface area (TPSA) is 144 Å². The molecule has 3 rings (SSSR count). The predicted octanol–water partition coefficient (Wildman–Crippen LogP) is 1.84. The van der Waals surface area contributed by atoms with Crippen LogP contribution in [0.2, 0.25) is 0 Å². The third-order valence-corrected chi connectivity index (χ3v) is 6.66. The number of carbonyl (C=O) groups is 2. The van der Waals surface area contributed by atoms with Crippen molar-refractivity contribution < 1.29 is 23.1 Å². The summed E-state index contributed by atoms with van der Waals surface area (Å²) >= 11 is 0.691. The van der Waals surface area contributed by atoms with Gasteiger partial charge in [-0.1, -0.05) is 0 Å². The Morgan fingerprint density at radius 1 is 1.22 bits per heavy atom. The van der Waals surface area contributed by atoms with Crippen molar-refractivity contribution in [2.75, 3.05) is 4.72 Å². The maximum atomic E-state index is 12.5. The van der Waals surface area contributed by atoms with E-state index in [4.69, 9.17) is 10.8 Å². The van der Waals surface area contributed by atoms with Crippen molar-refractivity contribution in [2.45, 2.75) is 11.1 Å². The number of amides is 1. The number of hydrogen-bond donors (Lipinski definition) is 3. The smallest absolute Gasteiger partial charge is 0.346 e. The summed E-state index contributed by atoms with van der Waals surface area (Å²) in [6.07, 6.45) is 1.56. The van der Waals surface area contributed by atoms with E-state index in [1.807, 2.05) is 0 Å². The fraction of sp³-hybridized carbons (Fsp3) is 0.0625. The van der Waals surface area contributed by atoms with Gasteiger partial charge in [-0.15, -0.1) is 11.3 Å². The molecule has 0 saturated heterocycles. The molecule has 0 aliphatic rings. The van der Waals surface area contributed by atoms with Crippen molar-refractivity contribution >= 4 is 38.9 Å². The van der Waals surface area contributed by atoms with Crippen molar-refractivity contribution in [3.63, 3.8) is 0 Å². The summed E-state index contributed by atoms with van der Waals surface area (Å²) < 4.78 is 28.7. The maximum absolute atomic E-state index is 12.5. The minimum atomic E-state index is -3.91. The van der Waals surface area contributed by atoms with Crippen molar-refractivity contribution in [3.05, 3.63) is 58.7 Å². The summed E-state index contributed by atoms with van der Waals surface area (Å²) in [5.41, 5.74) is 6.55. The molecule has 9 nitrogen and oxygen atoms in total. The lowest BCUT2D eigenvalue weighted by atomic mass is 10.3. The van der Waals surface area contributed by atoms with Crippen LogP contribution in [-0.4, -0.2) is 35.2 Å². The highest BCUT2D eigenvalue weighted by Crippen LogP contribution is 2.28. The number of anilines is 1. The number of benzene rings is 1. The van der Waals surface area contributed by atoms with E-state index in [-0.39, 0.29) is 14.8 Å². The second-order valence-electron chi connectivity index (χ2n) is 5.54. The van der Waals surface area contributed by atoms with Gasteiger partial charge in [-0.25, -0.2) is 17.9 Å². The standard InChI is InChI=1S/C16H14N4O5S2/c1-9-8-13(26-14(9)16(22)23)27(24,25)19-10-2-4-11(5-3-10)20-7-6-12(18-20)15(17)21/h2-8,19H,1H3,(H2,17,21)(H,22,23). The van der Waals surface area contributed by atoms with Crippen molar-refractivity contribution in [2.24, 2.45) is 5.73 Å². The molecule has 27 heavy (non-hydrogen) atoms. The number of sulfonamides is 1. The quantitative estimate of drug-likeness (QED) is 0.570. The van der Waals surface area contributed by atoms with Crippen LogP contribution < -0.4 is 10.5 Å². The molecule has 0 saturated carbocycles. The molecule has 4 N–H and O–H groups in total. The van der Waals surface area contributed by atoms with Crippen LogP contribution in [0, 0.1) is 6.92 Å². The number of carbonyl (C=O) groups excluding carboxylic acids is 1. The van der Waals surface area contributed by atoms with E-state index in [0.29, 0.717) is 28.3 Å². The van der Waals surface area contributed by atoms with Gasteiger partial charge in [-0.3, -0.25) is 9.52 Å². The van der Waals surface area contributed by atoms with Crippen LogP contribution in [0.3, 0.4) is 0 Å². The van der Waals surface area contributed by atoms with Crippen LogP contribution in [0.1, 0.15) is 25.7 Å². The van der Waals surface area contributed by atoms with Gasteiger partial charge < -0.3 is 10.8 Å². The minimum absolute atomic E-state index is 0.0188. The third kappa shape index (κ3) is 3.83. The Balaban J connectivity index is 1.82. The van der Waals surface area contributed by atoms with Crippen molar-refractivity contribution in [1.29, 1.82) is 0 Å². The number of carboxylic acids is 1. The molecule has 0 aliphatic heterocycles. The molecule has 0 aliphatic carbocycles. The molecule has 1 aromatic carbocycles. The zero-order chi connectivity index (χ0) is 19.8. The molecule has 0 bridgehead atoms. The van der Waals surface area contributed by atoms with Gasteiger partial charge in [-0.2, -0.15) is 5.10 Å². The number of rotatable bonds is 6. The predicted molar refractivity (Wildman–Crippen MR) is 98.9 cm³/mol. The Labute approximate surface area is 158 Å². The van der Waals surface area contributed by atoms with Gasteiger partial charge in [0.15, 0.2) is 0 Å². The summed E-state index contributed by atoms with van der Waals surface area (Å²) in [5, 5.41) is 13.1. The fourth-order valence-electron chi connectivity index (χ4n) is 2.28. The molecule has 3 aromatic rings. The number of nitrogens with one attached hydrogen (secondary N) is 1. The Kier molecular flexibility index (Phi) is 4.72. The second-order valence-corrected chi connectivity index (χ2v) is 8.51. The Hall–Kier alpha value is -3.18. The molecular formula is C16H14N4O5S2. The van der Waals surface area contributed by atoms with Crippen molar-refractivity contribution in [1.82, 2.24) is 9.78 Å². The average Bonchev–Trinajstić information content (AvgIpc) is 3.22. The molecule has 0 radical (unpaired) electrons.